The predicted molar refractivity (Wildman–Crippen MR) is 123 cm³/mol. The van der Waals surface area contributed by atoms with Crippen LogP contribution in [0.3, 0.4) is 0 Å². The molecule has 0 saturated carbocycles. The number of carbonyl (C=O) groups is 1. The van der Waals surface area contributed by atoms with Gasteiger partial charge in [-0.05, 0) is 68.8 Å². The lowest BCUT2D eigenvalue weighted by Gasteiger charge is -2.31. The number of hydrogen-bond acceptors (Lipinski definition) is 4. The van der Waals surface area contributed by atoms with E-state index in [9.17, 15) is 17.6 Å². The summed E-state index contributed by atoms with van der Waals surface area (Å²) in [7, 11) is 0.300. The molecule has 3 rings (SSSR count). The standard InChI is InChI=1S/C24H32FN3O3S/c1-4-18-5-7-19(8-6-18)23(27(2)3)17-26-24(29)20-13-15-28(16-14-20)32(30,31)22-11-9-21(25)10-12-22/h5-12,20,23H,4,13-17H2,1-3H3,(H,26,29). The van der Waals surface area contributed by atoms with Crippen LogP contribution < -0.4 is 5.32 Å². The average molecular weight is 462 g/mol. The number of hydrogen-bond donors (Lipinski definition) is 1. The van der Waals surface area contributed by atoms with E-state index in [2.05, 4.69) is 41.4 Å². The van der Waals surface area contributed by atoms with Crippen molar-refractivity contribution in [2.24, 2.45) is 5.92 Å². The summed E-state index contributed by atoms with van der Waals surface area (Å²) in [5.41, 5.74) is 2.42. The molecular formula is C24H32FN3O3S. The summed E-state index contributed by atoms with van der Waals surface area (Å²) in [4.78, 5) is 14.9. The topological polar surface area (TPSA) is 69.7 Å². The molecule has 0 aliphatic carbocycles. The molecule has 6 nitrogen and oxygen atoms in total. The minimum Gasteiger partial charge on any atom is -0.354 e. The number of carbonyl (C=O) groups excluding carboxylic acids is 1. The normalized spacial score (nSPS) is 16.8. The quantitative estimate of drug-likeness (QED) is 0.656. The molecule has 0 radical (unpaired) electrons. The van der Waals surface area contributed by atoms with Gasteiger partial charge >= 0.3 is 0 Å². The zero-order chi connectivity index (χ0) is 23.3. The summed E-state index contributed by atoms with van der Waals surface area (Å²) >= 11 is 0. The van der Waals surface area contributed by atoms with E-state index in [0.29, 0.717) is 19.4 Å². The summed E-state index contributed by atoms with van der Waals surface area (Å²) in [6.45, 7) is 3.15. The molecule has 1 fully saturated rings. The smallest absolute Gasteiger partial charge is 0.243 e. The SMILES string of the molecule is CCc1ccc(C(CNC(=O)C2CCN(S(=O)(=O)c3ccc(F)cc3)CC2)N(C)C)cc1. The summed E-state index contributed by atoms with van der Waals surface area (Å²) in [5.74, 6) is -0.738. The van der Waals surface area contributed by atoms with Crippen LogP contribution in [0, 0.1) is 11.7 Å². The van der Waals surface area contributed by atoms with Crippen molar-refractivity contribution in [3.63, 3.8) is 0 Å². The first kappa shape index (κ1) is 24.4. The van der Waals surface area contributed by atoms with Gasteiger partial charge in [-0.2, -0.15) is 4.31 Å². The number of amides is 1. The van der Waals surface area contributed by atoms with Gasteiger partial charge in [0.15, 0.2) is 0 Å². The average Bonchev–Trinajstić information content (AvgIpc) is 2.79. The van der Waals surface area contributed by atoms with Crippen molar-refractivity contribution in [2.45, 2.75) is 37.1 Å². The first-order valence-electron chi connectivity index (χ1n) is 11.0. The van der Waals surface area contributed by atoms with Crippen molar-refractivity contribution in [3.05, 3.63) is 65.5 Å². The van der Waals surface area contributed by atoms with Crippen molar-refractivity contribution in [1.82, 2.24) is 14.5 Å². The van der Waals surface area contributed by atoms with Gasteiger partial charge in [0.1, 0.15) is 5.82 Å². The van der Waals surface area contributed by atoms with Crippen LogP contribution in [0.2, 0.25) is 0 Å². The van der Waals surface area contributed by atoms with Crippen LogP contribution in [-0.4, -0.2) is 57.3 Å². The Morgan fingerprint density at radius 2 is 1.69 bits per heavy atom. The van der Waals surface area contributed by atoms with E-state index in [1.807, 2.05) is 14.1 Å². The Hall–Kier alpha value is -2.29. The number of nitrogens with one attached hydrogen (secondary N) is 1. The van der Waals surface area contributed by atoms with Crippen molar-refractivity contribution in [3.8, 4) is 0 Å². The van der Waals surface area contributed by atoms with E-state index < -0.39 is 15.8 Å². The Morgan fingerprint density at radius 1 is 1.09 bits per heavy atom. The maximum absolute atomic E-state index is 13.1. The molecule has 32 heavy (non-hydrogen) atoms. The van der Waals surface area contributed by atoms with Crippen LogP contribution in [0.4, 0.5) is 4.39 Å². The molecule has 1 aliphatic rings. The van der Waals surface area contributed by atoms with Crippen LogP contribution in [0.5, 0.6) is 0 Å². The fraction of sp³-hybridized carbons (Fsp3) is 0.458. The molecule has 2 aromatic carbocycles. The molecule has 1 N–H and O–H groups in total. The zero-order valence-corrected chi connectivity index (χ0v) is 19.7. The molecule has 1 unspecified atom stereocenters. The lowest BCUT2D eigenvalue weighted by atomic mass is 9.96. The number of rotatable bonds is 8. The highest BCUT2D eigenvalue weighted by atomic mass is 32.2. The Morgan fingerprint density at radius 3 is 2.22 bits per heavy atom. The number of nitrogens with zero attached hydrogens (tertiary/aromatic N) is 2. The lowest BCUT2D eigenvalue weighted by Crippen LogP contribution is -2.44. The minimum absolute atomic E-state index is 0.0409. The molecule has 0 spiro atoms. The monoisotopic (exact) mass is 461 g/mol. The van der Waals surface area contributed by atoms with E-state index in [-0.39, 0.29) is 35.9 Å². The van der Waals surface area contributed by atoms with Crippen molar-refractivity contribution >= 4 is 15.9 Å². The van der Waals surface area contributed by atoms with Gasteiger partial charge in [0.2, 0.25) is 15.9 Å². The van der Waals surface area contributed by atoms with Gasteiger partial charge in [-0.25, -0.2) is 12.8 Å². The van der Waals surface area contributed by atoms with Crippen LogP contribution >= 0.6 is 0 Å². The largest absolute Gasteiger partial charge is 0.354 e. The van der Waals surface area contributed by atoms with Gasteiger partial charge in [0.05, 0.1) is 10.9 Å². The molecule has 1 heterocycles. The van der Waals surface area contributed by atoms with E-state index in [1.165, 1.54) is 22.0 Å². The van der Waals surface area contributed by atoms with E-state index in [4.69, 9.17) is 0 Å². The van der Waals surface area contributed by atoms with E-state index >= 15 is 0 Å². The second kappa shape index (κ2) is 10.6. The summed E-state index contributed by atoms with van der Waals surface area (Å²) in [6, 6.07) is 13.3. The molecule has 0 bridgehead atoms. The fourth-order valence-corrected chi connectivity index (χ4v) is 5.50. The molecule has 1 amide bonds. The van der Waals surface area contributed by atoms with Gasteiger partial charge in [0, 0.05) is 25.6 Å². The van der Waals surface area contributed by atoms with Gasteiger partial charge in [-0.3, -0.25) is 4.79 Å². The Balaban J connectivity index is 1.56. The highest BCUT2D eigenvalue weighted by Crippen LogP contribution is 2.25. The number of halogens is 1. The van der Waals surface area contributed by atoms with Crippen molar-refractivity contribution in [1.29, 1.82) is 0 Å². The molecule has 1 saturated heterocycles. The Kier molecular flexibility index (Phi) is 8.03. The first-order valence-corrected chi connectivity index (χ1v) is 12.4. The molecule has 1 aliphatic heterocycles. The van der Waals surface area contributed by atoms with Gasteiger partial charge in [-0.1, -0.05) is 31.2 Å². The van der Waals surface area contributed by atoms with Gasteiger partial charge in [-0.15, -0.1) is 0 Å². The van der Waals surface area contributed by atoms with E-state index in [1.54, 1.807) is 0 Å². The molecule has 8 heteroatoms. The van der Waals surface area contributed by atoms with Crippen molar-refractivity contribution in [2.75, 3.05) is 33.7 Å². The van der Waals surface area contributed by atoms with Crippen molar-refractivity contribution < 1.29 is 17.6 Å². The van der Waals surface area contributed by atoms with E-state index in [0.717, 1.165) is 24.1 Å². The maximum atomic E-state index is 13.1. The second-order valence-corrected chi connectivity index (χ2v) is 10.4. The maximum Gasteiger partial charge on any atom is 0.243 e. The molecule has 1 atom stereocenters. The fourth-order valence-electron chi connectivity index (χ4n) is 4.03. The summed E-state index contributed by atoms with van der Waals surface area (Å²) in [6.07, 6.45) is 1.91. The predicted octanol–water partition coefficient (Wildman–Crippen LogP) is 3.21. The van der Waals surface area contributed by atoms with Crippen LogP contribution in [0.1, 0.15) is 36.9 Å². The van der Waals surface area contributed by atoms with Gasteiger partial charge in [0.25, 0.3) is 0 Å². The molecule has 0 aromatic heterocycles. The minimum atomic E-state index is -3.68. The number of benzene rings is 2. The zero-order valence-electron chi connectivity index (χ0n) is 18.9. The molecule has 174 valence electrons. The first-order chi connectivity index (χ1) is 15.2. The summed E-state index contributed by atoms with van der Waals surface area (Å²) in [5, 5.41) is 3.06. The number of likely N-dealkylation sites (N-methyl/N-ethyl adjacent to an activating group) is 1. The summed E-state index contributed by atoms with van der Waals surface area (Å²) < 4.78 is 40.0. The Bertz CT molecular complexity index is 1000. The number of piperidine rings is 1. The molecular weight excluding hydrogens is 429 g/mol. The highest BCUT2D eigenvalue weighted by molar-refractivity contribution is 7.89. The number of sulfonamides is 1. The third-order valence-corrected chi connectivity index (χ3v) is 8.05. The Labute approximate surface area is 190 Å². The second-order valence-electron chi connectivity index (χ2n) is 8.45. The lowest BCUT2D eigenvalue weighted by molar-refractivity contribution is -0.126. The molecule has 2 aromatic rings. The number of aryl methyl sites for hydroxylation is 1. The van der Waals surface area contributed by atoms with Crippen LogP contribution in [0.25, 0.3) is 0 Å². The highest BCUT2D eigenvalue weighted by Gasteiger charge is 2.32. The third-order valence-electron chi connectivity index (χ3n) is 6.14. The van der Waals surface area contributed by atoms with Crippen LogP contribution in [0.15, 0.2) is 53.4 Å². The van der Waals surface area contributed by atoms with Gasteiger partial charge < -0.3 is 10.2 Å². The third kappa shape index (κ3) is 5.74. The van der Waals surface area contributed by atoms with Crippen LogP contribution in [-0.2, 0) is 21.2 Å².